The lowest BCUT2D eigenvalue weighted by Crippen LogP contribution is -2.19. The van der Waals surface area contributed by atoms with E-state index in [-0.39, 0.29) is 11.9 Å². The third-order valence-corrected chi connectivity index (χ3v) is 4.19. The number of aromatic nitrogens is 2. The number of aryl methyl sites for hydroxylation is 3. The molecule has 0 saturated heterocycles. The SMILES string of the molecule is COc1c(CN[C@@H]2CCc3cc(F)ccc32)c(C)nn1C. The Hall–Kier alpha value is -1.88. The molecule has 2 aromatic rings. The Labute approximate surface area is 123 Å². The zero-order valence-electron chi connectivity index (χ0n) is 12.6. The quantitative estimate of drug-likeness (QED) is 0.940. The summed E-state index contributed by atoms with van der Waals surface area (Å²) in [5.74, 6) is 0.636. The number of halogens is 1. The number of hydrogen-bond donors (Lipinski definition) is 1. The van der Waals surface area contributed by atoms with Crippen molar-refractivity contribution in [1.29, 1.82) is 0 Å². The number of fused-ring (bicyclic) bond motifs is 1. The summed E-state index contributed by atoms with van der Waals surface area (Å²) in [5.41, 5.74) is 4.37. The summed E-state index contributed by atoms with van der Waals surface area (Å²) < 4.78 is 20.4. The van der Waals surface area contributed by atoms with E-state index in [9.17, 15) is 4.39 Å². The highest BCUT2D eigenvalue weighted by Gasteiger charge is 2.23. The van der Waals surface area contributed by atoms with Crippen LogP contribution in [0.5, 0.6) is 5.88 Å². The monoisotopic (exact) mass is 289 g/mol. The maximum atomic E-state index is 13.2. The first-order chi connectivity index (χ1) is 10.1. The molecule has 5 heteroatoms. The molecule has 1 N–H and O–H groups in total. The minimum atomic E-state index is -0.154. The fourth-order valence-electron chi connectivity index (χ4n) is 3.16. The van der Waals surface area contributed by atoms with Crippen molar-refractivity contribution in [1.82, 2.24) is 15.1 Å². The first-order valence-corrected chi connectivity index (χ1v) is 7.18. The van der Waals surface area contributed by atoms with Crippen LogP contribution >= 0.6 is 0 Å². The summed E-state index contributed by atoms with van der Waals surface area (Å²) in [6.07, 6.45) is 1.92. The molecular weight excluding hydrogens is 269 g/mol. The van der Waals surface area contributed by atoms with Gasteiger partial charge in [-0.05, 0) is 43.0 Å². The molecular formula is C16H20FN3O. The van der Waals surface area contributed by atoms with Gasteiger partial charge in [-0.1, -0.05) is 6.07 Å². The Kier molecular flexibility index (Phi) is 3.68. The lowest BCUT2D eigenvalue weighted by atomic mass is 10.1. The van der Waals surface area contributed by atoms with Crippen LogP contribution in [0.1, 0.15) is 34.8 Å². The second-order valence-electron chi connectivity index (χ2n) is 5.51. The summed E-state index contributed by atoms with van der Waals surface area (Å²) in [6.45, 7) is 2.68. The summed E-state index contributed by atoms with van der Waals surface area (Å²) in [5, 5.41) is 7.93. The number of ether oxygens (including phenoxy) is 1. The molecule has 1 heterocycles. The first kappa shape index (κ1) is 14.1. The van der Waals surface area contributed by atoms with Gasteiger partial charge >= 0.3 is 0 Å². The number of nitrogens with zero attached hydrogens (tertiary/aromatic N) is 2. The van der Waals surface area contributed by atoms with Gasteiger partial charge in [0.1, 0.15) is 5.82 Å². The number of methoxy groups -OCH3 is 1. The lowest BCUT2D eigenvalue weighted by molar-refractivity contribution is 0.366. The predicted octanol–water partition coefficient (Wildman–Crippen LogP) is 2.65. The molecule has 0 unspecified atom stereocenters. The zero-order chi connectivity index (χ0) is 15.0. The van der Waals surface area contributed by atoms with Crippen LogP contribution in [0.2, 0.25) is 0 Å². The number of nitrogens with one attached hydrogen (secondary N) is 1. The van der Waals surface area contributed by atoms with E-state index in [0.29, 0.717) is 6.54 Å². The van der Waals surface area contributed by atoms with Crippen molar-refractivity contribution in [3.05, 3.63) is 46.4 Å². The summed E-state index contributed by atoms with van der Waals surface area (Å²) >= 11 is 0. The molecule has 1 aliphatic rings. The molecule has 21 heavy (non-hydrogen) atoms. The third-order valence-electron chi connectivity index (χ3n) is 4.19. The second-order valence-corrected chi connectivity index (χ2v) is 5.51. The Morgan fingerprint density at radius 3 is 3.05 bits per heavy atom. The van der Waals surface area contributed by atoms with Crippen molar-refractivity contribution in [2.24, 2.45) is 7.05 Å². The number of benzene rings is 1. The molecule has 0 amide bonds. The van der Waals surface area contributed by atoms with Gasteiger partial charge in [0.2, 0.25) is 5.88 Å². The van der Waals surface area contributed by atoms with Crippen molar-refractivity contribution < 1.29 is 9.13 Å². The van der Waals surface area contributed by atoms with Gasteiger partial charge in [0, 0.05) is 19.6 Å². The molecule has 0 saturated carbocycles. The van der Waals surface area contributed by atoms with Crippen molar-refractivity contribution in [3.8, 4) is 5.88 Å². The van der Waals surface area contributed by atoms with Gasteiger partial charge in [0.25, 0.3) is 0 Å². The Bertz CT molecular complexity index is 666. The summed E-state index contributed by atoms with van der Waals surface area (Å²) in [6, 6.07) is 5.34. The van der Waals surface area contributed by atoms with E-state index in [2.05, 4.69) is 10.4 Å². The van der Waals surface area contributed by atoms with Crippen molar-refractivity contribution in [2.75, 3.05) is 7.11 Å². The second kappa shape index (κ2) is 5.48. The van der Waals surface area contributed by atoms with E-state index in [4.69, 9.17) is 4.74 Å². The first-order valence-electron chi connectivity index (χ1n) is 7.18. The van der Waals surface area contributed by atoms with Crippen molar-refractivity contribution in [2.45, 2.75) is 32.4 Å². The standard InChI is InChI=1S/C16H20FN3O/c1-10-14(16(21-3)20(2)19-10)9-18-15-7-4-11-8-12(17)5-6-13(11)15/h5-6,8,15,18H,4,7,9H2,1-3H3/t15-/m1/s1. The van der Waals surface area contributed by atoms with E-state index in [1.54, 1.807) is 17.9 Å². The van der Waals surface area contributed by atoms with Gasteiger partial charge in [-0.15, -0.1) is 0 Å². The molecule has 0 spiro atoms. The van der Waals surface area contributed by atoms with Crippen LogP contribution in [-0.2, 0) is 20.0 Å². The highest BCUT2D eigenvalue weighted by atomic mass is 19.1. The minimum absolute atomic E-state index is 0.154. The molecule has 1 aromatic carbocycles. The number of hydrogen-bond acceptors (Lipinski definition) is 3. The topological polar surface area (TPSA) is 39.1 Å². The van der Waals surface area contributed by atoms with Gasteiger partial charge in [0.05, 0.1) is 18.4 Å². The maximum absolute atomic E-state index is 13.2. The Morgan fingerprint density at radius 2 is 2.29 bits per heavy atom. The summed E-state index contributed by atoms with van der Waals surface area (Å²) in [7, 11) is 3.54. The highest BCUT2D eigenvalue weighted by molar-refractivity contribution is 5.36. The number of rotatable bonds is 4. The van der Waals surface area contributed by atoms with Gasteiger partial charge in [0.15, 0.2) is 0 Å². The van der Waals surface area contributed by atoms with Crippen molar-refractivity contribution >= 4 is 0 Å². The zero-order valence-corrected chi connectivity index (χ0v) is 12.6. The molecule has 1 aliphatic carbocycles. The third kappa shape index (κ3) is 2.53. The average molecular weight is 289 g/mol. The molecule has 0 fully saturated rings. The van der Waals surface area contributed by atoms with Crippen LogP contribution in [0.3, 0.4) is 0 Å². The molecule has 0 bridgehead atoms. The normalized spacial score (nSPS) is 17.0. The average Bonchev–Trinajstić information content (AvgIpc) is 2.96. The fraction of sp³-hybridized carbons (Fsp3) is 0.438. The largest absolute Gasteiger partial charge is 0.481 e. The van der Waals surface area contributed by atoms with E-state index >= 15 is 0 Å². The van der Waals surface area contributed by atoms with Crippen molar-refractivity contribution in [3.63, 3.8) is 0 Å². The predicted molar refractivity (Wildman–Crippen MR) is 78.8 cm³/mol. The van der Waals surface area contributed by atoms with Gasteiger partial charge in [-0.3, -0.25) is 0 Å². The molecule has 112 valence electrons. The molecule has 1 aromatic heterocycles. The van der Waals surface area contributed by atoms with Gasteiger partial charge < -0.3 is 10.1 Å². The van der Waals surface area contributed by atoms with Gasteiger partial charge in [-0.25, -0.2) is 9.07 Å². The molecule has 3 rings (SSSR count). The van der Waals surface area contributed by atoms with E-state index in [1.807, 2.05) is 20.0 Å². The lowest BCUT2D eigenvalue weighted by Gasteiger charge is -2.14. The molecule has 1 atom stereocenters. The smallest absolute Gasteiger partial charge is 0.216 e. The molecule has 0 aliphatic heterocycles. The molecule has 0 radical (unpaired) electrons. The minimum Gasteiger partial charge on any atom is -0.481 e. The Morgan fingerprint density at radius 1 is 1.48 bits per heavy atom. The van der Waals surface area contributed by atoms with Crippen LogP contribution < -0.4 is 10.1 Å². The maximum Gasteiger partial charge on any atom is 0.216 e. The fourth-order valence-corrected chi connectivity index (χ4v) is 3.16. The van der Waals surface area contributed by atoms with Crippen LogP contribution in [0.15, 0.2) is 18.2 Å². The van der Waals surface area contributed by atoms with E-state index in [0.717, 1.165) is 35.5 Å². The van der Waals surface area contributed by atoms with Crippen LogP contribution in [0.25, 0.3) is 0 Å². The van der Waals surface area contributed by atoms with Crippen LogP contribution in [-0.4, -0.2) is 16.9 Å². The van der Waals surface area contributed by atoms with Crippen LogP contribution in [0.4, 0.5) is 4.39 Å². The highest BCUT2D eigenvalue weighted by Crippen LogP contribution is 2.32. The van der Waals surface area contributed by atoms with Gasteiger partial charge in [-0.2, -0.15) is 5.10 Å². The van der Waals surface area contributed by atoms with E-state index < -0.39 is 0 Å². The molecule has 4 nitrogen and oxygen atoms in total. The Balaban J connectivity index is 1.76. The summed E-state index contributed by atoms with van der Waals surface area (Å²) in [4.78, 5) is 0. The van der Waals surface area contributed by atoms with Crippen LogP contribution in [0, 0.1) is 12.7 Å². The van der Waals surface area contributed by atoms with E-state index in [1.165, 1.54) is 11.6 Å².